The van der Waals surface area contributed by atoms with E-state index < -0.39 is 0 Å². The molecule has 0 saturated carbocycles. The SMILES string of the molecule is Cn1c(-c2cc(Br)cc(Br)c2N)nc2cccc(Cl)c21. The fourth-order valence-corrected chi connectivity index (χ4v) is 3.75. The zero-order chi connectivity index (χ0) is 14.4. The second-order valence-electron chi connectivity index (χ2n) is 4.45. The molecule has 0 aliphatic carbocycles. The van der Waals surface area contributed by atoms with Crippen molar-refractivity contribution >= 4 is 60.2 Å². The van der Waals surface area contributed by atoms with Crippen molar-refractivity contribution in [2.24, 2.45) is 7.05 Å². The molecule has 20 heavy (non-hydrogen) atoms. The molecule has 1 heterocycles. The Labute approximate surface area is 138 Å². The van der Waals surface area contributed by atoms with Crippen LogP contribution in [-0.2, 0) is 7.05 Å². The van der Waals surface area contributed by atoms with Crippen LogP contribution in [0.5, 0.6) is 0 Å². The average Bonchev–Trinajstić information content (AvgIpc) is 2.72. The molecule has 0 radical (unpaired) electrons. The van der Waals surface area contributed by atoms with E-state index in [2.05, 4.69) is 36.8 Å². The summed E-state index contributed by atoms with van der Waals surface area (Å²) in [7, 11) is 1.94. The number of nitrogen functional groups attached to an aromatic ring is 1. The summed E-state index contributed by atoms with van der Waals surface area (Å²) in [6.07, 6.45) is 0. The standard InChI is InChI=1S/C14H10Br2ClN3/c1-20-13-10(17)3-2-4-11(13)19-14(20)8-5-7(15)6-9(16)12(8)18/h2-6H,18H2,1H3. The minimum absolute atomic E-state index is 0.655. The minimum atomic E-state index is 0.655. The number of fused-ring (bicyclic) bond motifs is 1. The summed E-state index contributed by atoms with van der Waals surface area (Å²) < 4.78 is 3.73. The Hall–Kier alpha value is -1.04. The number of imidazole rings is 1. The van der Waals surface area contributed by atoms with E-state index in [4.69, 9.17) is 17.3 Å². The number of nitrogens with zero attached hydrogens (tertiary/aromatic N) is 2. The maximum absolute atomic E-state index is 6.25. The van der Waals surface area contributed by atoms with Gasteiger partial charge in [-0.25, -0.2) is 4.98 Å². The van der Waals surface area contributed by atoms with Gasteiger partial charge in [0, 0.05) is 21.6 Å². The second-order valence-corrected chi connectivity index (χ2v) is 6.63. The number of halogens is 3. The number of aromatic nitrogens is 2. The molecule has 2 N–H and O–H groups in total. The van der Waals surface area contributed by atoms with Crippen LogP contribution < -0.4 is 5.73 Å². The van der Waals surface area contributed by atoms with Crippen molar-refractivity contribution in [3.8, 4) is 11.4 Å². The van der Waals surface area contributed by atoms with E-state index in [9.17, 15) is 0 Å². The summed E-state index contributed by atoms with van der Waals surface area (Å²) in [5, 5.41) is 0.677. The zero-order valence-corrected chi connectivity index (χ0v) is 14.4. The Balaban J connectivity index is 2.36. The van der Waals surface area contributed by atoms with Crippen molar-refractivity contribution in [2.45, 2.75) is 0 Å². The first-order valence-corrected chi connectivity index (χ1v) is 7.81. The van der Waals surface area contributed by atoms with Crippen molar-refractivity contribution in [1.82, 2.24) is 9.55 Å². The summed E-state index contributed by atoms with van der Waals surface area (Å²) in [5.41, 5.74) is 9.43. The molecule has 0 aliphatic heterocycles. The van der Waals surface area contributed by atoms with Gasteiger partial charge >= 0.3 is 0 Å². The molecule has 102 valence electrons. The molecule has 0 unspecified atom stereocenters. The molecule has 3 nitrogen and oxygen atoms in total. The van der Waals surface area contributed by atoms with Gasteiger partial charge in [-0.3, -0.25) is 0 Å². The average molecular weight is 416 g/mol. The van der Waals surface area contributed by atoms with E-state index in [1.165, 1.54) is 0 Å². The maximum atomic E-state index is 6.25. The van der Waals surface area contributed by atoms with Crippen LogP contribution in [0.1, 0.15) is 0 Å². The van der Waals surface area contributed by atoms with Crippen molar-refractivity contribution < 1.29 is 0 Å². The smallest absolute Gasteiger partial charge is 0.143 e. The highest BCUT2D eigenvalue weighted by molar-refractivity contribution is 9.11. The Bertz CT molecular complexity index is 827. The van der Waals surface area contributed by atoms with Gasteiger partial charge in [-0.2, -0.15) is 0 Å². The predicted molar refractivity (Wildman–Crippen MR) is 91.0 cm³/mol. The molecule has 0 aliphatic rings. The summed E-state index contributed by atoms with van der Waals surface area (Å²) in [6, 6.07) is 9.55. The van der Waals surface area contributed by atoms with E-state index in [-0.39, 0.29) is 0 Å². The molecule has 3 rings (SSSR count). The van der Waals surface area contributed by atoms with Gasteiger partial charge in [0.2, 0.25) is 0 Å². The number of aryl methyl sites for hydroxylation is 1. The van der Waals surface area contributed by atoms with E-state index in [0.717, 1.165) is 31.4 Å². The first-order chi connectivity index (χ1) is 9.49. The first kappa shape index (κ1) is 13.9. The summed E-state index contributed by atoms with van der Waals surface area (Å²) >= 11 is 13.2. The first-order valence-electron chi connectivity index (χ1n) is 5.85. The third-order valence-electron chi connectivity index (χ3n) is 3.18. The Morgan fingerprint density at radius 3 is 2.70 bits per heavy atom. The molecule has 0 spiro atoms. The van der Waals surface area contributed by atoms with Crippen LogP contribution in [0.2, 0.25) is 5.02 Å². The van der Waals surface area contributed by atoms with Gasteiger partial charge in [0.15, 0.2) is 0 Å². The van der Waals surface area contributed by atoms with Gasteiger partial charge in [0.1, 0.15) is 5.82 Å². The quantitative estimate of drug-likeness (QED) is 0.569. The van der Waals surface area contributed by atoms with Crippen LogP contribution in [-0.4, -0.2) is 9.55 Å². The minimum Gasteiger partial charge on any atom is -0.397 e. The monoisotopic (exact) mass is 413 g/mol. The molecule has 2 aromatic carbocycles. The second kappa shape index (κ2) is 5.06. The van der Waals surface area contributed by atoms with Gasteiger partial charge in [0.05, 0.1) is 21.7 Å². The molecule has 1 aromatic heterocycles. The van der Waals surface area contributed by atoms with Crippen molar-refractivity contribution in [1.29, 1.82) is 0 Å². The molecule has 0 fully saturated rings. The molecule has 3 aromatic rings. The topological polar surface area (TPSA) is 43.8 Å². The Kier molecular flexibility index (Phi) is 3.52. The highest BCUT2D eigenvalue weighted by Crippen LogP contribution is 2.36. The van der Waals surface area contributed by atoms with Crippen LogP contribution in [0.25, 0.3) is 22.4 Å². The fraction of sp³-hybridized carbons (Fsp3) is 0.0714. The van der Waals surface area contributed by atoms with Crippen LogP contribution in [0, 0.1) is 0 Å². The van der Waals surface area contributed by atoms with Crippen molar-refractivity contribution in [3.63, 3.8) is 0 Å². The molecule has 0 saturated heterocycles. The van der Waals surface area contributed by atoms with Gasteiger partial charge in [-0.15, -0.1) is 0 Å². The molecular formula is C14H10Br2ClN3. The number of nitrogens with two attached hydrogens (primary N) is 1. The van der Waals surface area contributed by atoms with Crippen molar-refractivity contribution in [3.05, 3.63) is 44.3 Å². The number of para-hydroxylation sites is 1. The van der Waals surface area contributed by atoms with Crippen LogP contribution in [0.3, 0.4) is 0 Å². The fourth-order valence-electron chi connectivity index (χ4n) is 2.23. The predicted octanol–water partition coefficient (Wildman–Crippen LogP) is 5.00. The lowest BCUT2D eigenvalue weighted by Gasteiger charge is -2.09. The van der Waals surface area contributed by atoms with Crippen LogP contribution in [0.15, 0.2) is 39.3 Å². The van der Waals surface area contributed by atoms with Gasteiger partial charge in [-0.05, 0) is 40.2 Å². The van der Waals surface area contributed by atoms with E-state index in [0.29, 0.717) is 10.7 Å². The number of rotatable bonds is 1. The highest BCUT2D eigenvalue weighted by Gasteiger charge is 2.16. The van der Waals surface area contributed by atoms with Gasteiger partial charge in [-0.1, -0.05) is 33.6 Å². The summed E-state index contributed by atoms with van der Waals surface area (Å²) in [6.45, 7) is 0. The normalized spacial score (nSPS) is 11.2. The Morgan fingerprint density at radius 1 is 1.25 bits per heavy atom. The van der Waals surface area contributed by atoms with E-state index in [1.54, 1.807) is 0 Å². The van der Waals surface area contributed by atoms with Crippen molar-refractivity contribution in [2.75, 3.05) is 5.73 Å². The number of benzene rings is 2. The molecule has 6 heteroatoms. The van der Waals surface area contributed by atoms with E-state index in [1.807, 2.05) is 41.9 Å². The lowest BCUT2D eigenvalue weighted by Crippen LogP contribution is -1.98. The highest BCUT2D eigenvalue weighted by atomic mass is 79.9. The largest absolute Gasteiger partial charge is 0.397 e. The maximum Gasteiger partial charge on any atom is 0.143 e. The van der Waals surface area contributed by atoms with Gasteiger partial charge < -0.3 is 10.3 Å². The van der Waals surface area contributed by atoms with Crippen LogP contribution in [0.4, 0.5) is 5.69 Å². The Morgan fingerprint density at radius 2 is 2.00 bits per heavy atom. The summed E-state index contributed by atoms with van der Waals surface area (Å²) in [4.78, 5) is 4.64. The van der Waals surface area contributed by atoms with Crippen LogP contribution >= 0.6 is 43.5 Å². The molecule has 0 atom stereocenters. The number of anilines is 1. The molecule has 0 amide bonds. The number of hydrogen-bond acceptors (Lipinski definition) is 2. The zero-order valence-electron chi connectivity index (χ0n) is 10.5. The summed E-state index contributed by atoms with van der Waals surface area (Å²) in [5.74, 6) is 0.785. The number of hydrogen-bond donors (Lipinski definition) is 1. The third kappa shape index (κ3) is 2.14. The molecule has 0 bridgehead atoms. The third-order valence-corrected chi connectivity index (χ3v) is 4.60. The lowest BCUT2D eigenvalue weighted by molar-refractivity contribution is 0.959. The van der Waals surface area contributed by atoms with Gasteiger partial charge in [0.25, 0.3) is 0 Å². The van der Waals surface area contributed by atoms with E-state index >= 15 is 0 Å². The molecular weight excluding hydrogens is 405 g/mol. The lowest BCUT2D eigenvalue weighted by atomic mass is 10.1.